The van der Waals surface area contributed by atoms with Crippen LogP contribution in [0, 0.1) is 4.77 Å². The minimum atomic E-state index is 0.195. The topological polar surface area (TPSA) is 82.0 Å². The van der Waals surface area contributed by atoms with Crippen LogP contribution >= 0.6 is 12.2 Å². The van der Waals surface area contributed by atoms with Gasteiger partial charge in [-0.3, -0.25) is 5.43 Å². The Bertz CT molecular complexity index is 959. The number of nitrogens with one attached hydrogen (secondary N) is 2. The zero-order valence-electron chi connectivity index (χ0n) is 15.2. The lowest BCUT2D eigenvalue weighted by Gasteiger charge is -2.14. The number of rotatable bonds is 5. The number of aromatic nitrogens is 4. The van der Waals surface area contributed by atoms with E-state index in [1.807, 2.05) is 57.1 Å². The molecule has 1 aromatic carbocycles. The number of nitrogens with zero attached hydrogens (tertiary/aromatic N) is 4. The SMILES string of the molecule is CC(C)c1cc(-c2n[nH]c(=S)n2Nc2ccc(N(C)C)nc2)ccc1O. The van der Waals surface area contributed by atoms with Gasteiger partial charge in [0.05, 0.1) is 11.9 Å². The van der Waals surface area contributed by atoms with Gasteiger partial charge >= 0.3 is 0 Å². The second-order valence-corrected chi connectivity index (χ2v) is 6.91. The summed E-state index contributed by atoms with van der Waals surface area (Å²) in [6.45, 7) is 4.07. The van der Waals surface area contributed by atoms with Gasteiger partial charge in [-0.15, -0.1) is 0 Å². The van der Waals surface area contributed by atoms with Crippen LogP contribution in [0.3, 0.4) is 0 Å². The maximum atomic E-state index is 10.0. The summed E-state index contributed by atoms with van der Waals surface area (Å²) in [4.78, 5) is 6.33. The van der Waals surface area contributed by atoms with Crippen molar-refractivity contribution in [2.24, 2.45) is 0 Å². The van der Waals surface area contributed by atoms with Crippen LogP contribution in [0.15, 0.2) is 36.5 Å². The van der Waals surface area contributed by atoms with Crippen LogP contribution in [0.1, 0.15) is 25.3 Å². The number of aromatic hydroxyl groups is 1. The molecule has 7 nitrogen and oxygen atoms in total. The van der Waals surface area contributed by atoms with Crippen molar-refractivity contribution < 1.29 is 5.11 Å². The molecule has 8 heteroatoms. The third-order valence-corrected chi connectivity index (χ3v) is 4.30. The summed E-state index contributed by atoms with van der Waals surface area (Å²) in [7, 11) is 3.88. The first kappa shape index (κ1) is 17.9. The number of pyridine rings is 1. The molecule has 0 aliphatic heterocycles. The van der Waals surface area contributed by atoms with Crippen molar-refractivity contribution >= 4 is 23.7 Å². The van der Waals surface area contributed by atoms with Gasteiger partial charge in [0.2, 0.25) is 4.77 Å². The molecule has 0 unspecified atom stereocenters. The second kappa shape index (κ2) is 7.17. The Morgan fingerprint density at radius 3 is 2.62 bits per heavy atom. The largest absolute Gasteiger partial charge is 0.508 e. The Labute approximate surface area is 157 Å². The summed E-state index contributed by atoms with van der Waals surface area (Å²) < 4.78 is 2.13. The number of phenolic OH excluding ortho intramolecular Hbond substituents is 1. The van der Waals surface area contributed by atoms with Crippen molar-refractivity contribution in [3.05, 3.63) is 46.9 Å². The molecule has 26 heavy (non-hydrogen) atoms. The van der Waals surface area contributed by atoms with Crippen LogP contribution in [0.25, 0.3) is 11.4 Å². The van der Waals surface area contributed by atoms with E-state index in [9.17, 15) is 5.11 Å². The fourth-order valence-corrected chi connectivity index (χ4v) is 2.77. The van der Waals surface area contributed by atoms with Crippen molar-refractivity contribution in [1.29, 1.82) is 0 Å². The van der Waals surface area contributed by atoms with Crippen LogP contribution in [0.4, 0.5) is 11.5 Å². The monoisotopic (exact) mass is 370 g/mol. The van der Waals surface area contributed by atoms with E-state index in [0.717, 1.165) is 22.6 Å². The summed E-state index contributed by atoms with van der Waals surface area (Å²) in [5.41, 5.74) is 5.73. The van der Waals surface area contributed by atoms with Gasteiger partial charge in [-0.05, 0) is 54.0 Å². The summed E-state index contributed by atoms with van der Waals surface area (Å²) in [5.74, 6) is 1.97. The Morgan fingerprint density at radius 1 is 1.23 bits per heavy atom. The summed E-state index contributed by atoms with van der Waals surface area (Å²) in [6.07, 6.45) is 1.74. The van der Waals surface area contributed by atoms with Crippen molar-refractivity contribution in [3.63, 3.8) is 0 Å². The molecule has 0 saturated heterocycles. The van der Waals surface area contributed by atoms with Crippen molar-refractivity contribution in [3.8, 4) is 17.1 Å². The van der Waals surface area contributed by atoms with Gasteiger partial charge in [0.1, 0.15) is 11.6 Å². The van der Waals surface area contributed by atoms with E-state index < -0.39 is 0 Å². The Hall–Kier alpha value is -2.87. The van der Waals surface area contributed by atoms with Crippen LogP contribution < -0.4 is 10.3 Å². The quantitative estimate of drug-likeness (QED) is 0.593. The maximum Gasteiger partial charge on any atom is 0.214 e. The number of H-pyrrole nitrogens is 1. The molecule has 3 aromatic rings. The first-order chi connectivity index (χ1) is 12.4. The zero-order valence-corrected chi connectivity index (χ0v) is 16.0. The van der Waals surface area contributed by atoms with E-state index in [-0.39, 0.29) is 11.7 Å². The zero-order chi connectivity index (χ0) is 18.8. The molecule has 0 atom stereocenters. The highest BCUT2D eigenvalue weighted by molar-refractivity contribution is 7.71. The predicted octanol–water partition coefficient (Wildman–Crippen LogP) is 3.77. The lowest BCUT2D eigenvalue weighted by atomic mass is 9.99. The van der Waals surface area contributed by atoms with Gasteiger partial charge in [-0.25, -0.2) is 14.8 Å². The molecule has 136 valence electrons. The lowest BCUT2D eigenvalue weighted by molar-refractivity contribution is 0.465. The molecule has 3 N–H and O–H groups in total. The fourth-order valence-electron chi connectivity index (χ4n) is 2.60. The molecule has 2 aromatic heterocycles. The number of phenols is 1. The van der Waals surface area contributed by atoms with E-state index >= 15 is 0 Å². The maximum absolute atomic E-state index is 10.0. The van der Waals surface area contributed by atoms with Gasteiger partial charge in [0, 0.05) is 19.7 Å². The third-order valence-electron chi connectivity index (χ3n) is 4.03. The highest BCUT2D eigenvalue weighted by Gasteiger charge is 2.13. The van der Waals surface area contributed by atoms with Crippen LogP contribution in [0.5, 0.6) is 5.75 Å². The molecule has 0 aliphatic carbocycles. The number of aromatic amines is 1. The van der Waals surface area contributed by atoms with Gasteiger partial charge < -0.3 is 10.0 Å². The summed E-state index contributed by atoms with van der Waals surface area (Å²) in [6, 6.07) is 9.27. The molecule has 0 spiro atoms. The van der Waals surface area contributed by atoms with E-state index in [1.165, 1.54) is 0 Å². The van der Waals surface area contributed by atoms with E-state index in [1.54, 1.807) is 16.9 Å². The van der Waals surface area contributed by atoms with Crippen molar-refractivity contribution in [2.45, 2.75) is 19.8 Å². The molecular formula is C18H22N6OS. The normalized spacial score (nSPS) is 11.0. The number of hydrogen-bond acceptors (Lipinski definition) is 6. The molecule has 0 saturated carbocycles. The molecule has 0 radical (unpaired) electrons. The average Bonchev–Trinajstić information content (AvgIpc) is 2.96. The van der Waals surface area contributed by atoms with Crippen molar-refractivity contribution in [2.75, 3.05) is 24.4 Å². The van der Waals surface area contributed by atoms with Gasteiger partial charge in [-0.1, -0.05) is 13.8 Å². The molecule has 0 bridgehead atoms. The van der Waals surface area contributed by atoms with Crippen LogP contribution in [-0.4, -0.2) is 39.1 Å². The number of anilines is 2. The molecule has 0 amide bonds. The molecule has 0 aliphatic rings. The number of benzene rings is 1. The first-order valence-corrected chi connectivity index (χ1v) is 8.68. The Kier molecular flexibility index (Phi) is 4.94. The van der Waals surface area contributed by atoms with Crippen LogP contribution in [0.2, 0.25) is 0 Å². The highest BCUT2D eigenvalue weighted by Crippen LogP contribution is 2.30. The average molecular weight is 370 g/mol. The third kappa shape index (κ3) is 3.55. The Morgan fingerprint density at radius 2 is 2.00 bits per heavy atom. The second-order valence-electron chi connectivity index (χ2n) is 6.53. The molecule has 2 heterocycles. The van der Waals surface area contributed by atoms with E-state index in [0.29, 0.717) is 10.6 Å². The van der Waals surface area contributed by atoms with E-state index in [2.05, 4.69) is 20.6 Å². The summed E-state index contributed by atoms with van der Waals surface area (Å²) in [5, 5.41) is 17.2. The minimum absolute atomic E-state index is 0.195. The smallest absolute Gasteiger partial charge is 0.214 e. The van der Waals surface area contributed by atoms with Gasteiger partial charge in [0.15, 0.2) is 5.82 Å². The Balaban J connectivity index is 1.97. The van der Waals surface area contributed by atoms with Gasteiger partial charge in [-0.2, -0.15) is 5.10 Å². The van der Waals surface area contributed by atoms with Gasteiger partial charge in [0.25, 0.3) is 0 Å². The lowest BCUT2D eigenvalue weighted by Crippen LogP contribution is -2.13. The standard InChI is InChI=1S/C18H22N6OS/c1-11(2)14-9-12(5-7-15(14)25)17-20-21-18(26)24(17)22-13-6-8-16(19-10-13)23(3)4/h5-11,22,25H,1-4H3,(H,21,26). The van der Waals surface area contributed by atoms with Crippen molar-refractivity contribution in [1.82, 2.24) is 19.9 Å². The molecule has 0 fully saturated rings. The van der Waals surface area contributed by atoms with E-state index in [4.69, 9.17) is 12.2 Å². The van der Waals surface area contributed by atoms with Crippen LogP contribution in [-0.2, 0) is 0 Å². The molecular weight excluding hydrogens is 348 g/mol. The first-order valence-electron chi connectivity index (χ1n) is 8.28. The number of hydrogen-bond donors (Lipinski definition) is 3. The molecule has 3 rings (SSSR count). The fraction of sp³-hybridized carbons (Fsp3) is 0.278. The predicted molar refractivity (Wildman–Crippen MR) is 106 cm³/mol. The summed E-state index contributed by atoms with van der Waals surface area (Å²) >= 11 is 5.35. The highest BCUT2D eigenvalue weighted by atomic mass is 32.1. The minimum Gasteiger partial charge on any atom is -0.508 e.